The van der Waals surface area contributed by atoms with Crippen molar-refractivity contribution in [1.82, 2.24) is 0 Å². The fourth-order valence-corrected chi connectivity index (χ4v) is 5.53. The number of methoxy groups -OCH3 is 1. The van der Waals surface area contributed by atoms with E-state index in [2.05, 4.69) is 16.9 Å². The van der Waals surface area contributed by atoms with Crippen LogP contribution in [-0.2, 0) is 15.8 Å². The Kier molecular flexibility index (Phi) is 7.01. The lowest BCUT2D eigenvalue weighted by molar-refractivity contribution is 0.414. The van der Waals surface area contributed by atoms with E-state index in [9.17, 15) is 8.42 Å². The van der Waals surface area contributed by atoms with Crippen molar-refractivity contribution in [3.8, 4) is 5.75 Å². The maximum absolute atomic E-state index is 12.8. The third-order valence-electron chi connectivity index (χ3n) is 4.20. The predicted octanol–water partition coefficient (Wildman–Crippen LogP) is 6.40. The summed E-state index contributed by atoms with van der Waals surface area (Å²) in [5.41, 5.74) is 2.40. The minimum absolute atomic E-state index is 0.0575. The standard InChI is InChI=1S/C21H19Cl2NO3S2/c1-14-12-15(13-28-16-6-4-3-5-7-16)8-9-17(14)24-29(25,26)19-11-10-18(27-2)20(22)21(19)23/h3-12,24H,13H2,1-2H3. The van der Waals surface area contributed by atoms with Gasteiger partial charge in [-0.2, -0.15) is 0 Å². The van der Waals surface area contributed by atoms with Crippen molar-refractivity contribution < 1.29 is 13.2 Å². The van der Waals surface area contributed by atoms with Gasteiger partial charge >= 0.3 is 0 Å². The fourth-order valence-electron chi connectivity index (χ4n) is 2.69. The number of benzene rings is 3. The molecule has 29 heavy (non-hydrogen) atoms. The van der Waals surface area contributed by atoms with Crippen LogP contribution in [0.25, 0.3) is 0 Å². The molecule has 0 bridgehead atoms. The van der Waals surface area contributed by atoms with Crippen LogP contribution in [0.15, 0.2) is 70.5 Å². The van der Waals surface area contributed by atoms with E-state index in [-0.39, 0.29) is 14.9 Å². The molecule has 152 valence electrons. The van der Waals surface area contributed by atoms with Gasteiger partial charge in [0, 0.05) is 10.6 Å². The Hall–Kier alpha value is -1.86. The molecule has 3 aromatic carbocycles. The van der Waals surface area contributed by atoms with Crippen LogP contribution in [0.2, 0.25) is 10.0 Å². The first-order chi connectivity index (χ1) is 13.8. The van der Waals surface area contributed by atoms with Crippen molar-refractivity contribution in [3.63, 3.8) is 0 Å². The summed E-state index contributed by atoms with van der Waals surface area (Å²) in [6.07, 6.45) is 0. The Bertz CT molecular complexity index is 1120. The molecule has 0 amide bonds. The second-order valence-corrected chi connectivity index (χ2v) is 9.71. The Balaban J connectivity index is 1.78. The summed E-state index contributed by atoms with van der Waals surface area (Å²) in [7, 11) is -2.47. The van der Waals surface area contributed by atoms with Gasteiger partial charge in [-0.15, -0.1) is 11.8 Å². The zero-order chi connectivity index (χ0) is 21.0. The second kappa shape index (κ2) is 9.30. The molecule has 0 unspecified atom stereocenters. The molecule has 0 aliphatic carbocycles. The summed E-state index contributed by atoms with van der Waals surface area (Å²) in [5.74, 6) is 1.10. The van der Waals surface area contributed by atoms with Crippen molar-refractivity contribution in [3.05, 3.63) is 81.8 Å². The van der Waals surface area contributed by atoms with Crippen LogP contribution in [0.3, 0.4) is 0 Å². The number of rotatable bonds is 7. The molecule has 0 fully saturated rings. The van der Waals surface area contributed by atoms with E-state index in [1.54, 1.807) is 17.8 Å². The number of anilines is 1. The van der Waals surface area contributed by atoms with Gasteiger partial charge in [0.05, 0.1) is 17.8 Å². The van der Waals surface area contributed by atoms with Crippen LogP contribution in [-0.4, -0.2) is 15.5 Å². The lowest BCUT2D eigenvalue weighted by Gasteiger charge is -2.14. The molecular weight excluding hydrogens is 449 g/mol. The third kappa shape index (κ3) is 5.20. The Morgan fingerprint density at radius 3 is 2.38 bits per heavy atom. The highest BCUT2D eigenvalue weighted by molar-refractivity contribution is 7.98. The number of halogens is 2. The molecule has 0 saturated heterocycles. The molecule has 0 radical (unpaired) electrons. The van der Waals surface area contributed by atoms with Gasteiger partial charge in [0.2, 0.25) is 0 Å². The largest absolute Gasteiger partial charge is 0.495 e. The maximum Gasteiger partial charge on any atom is 0.263 e. The number of hydrogen-bond donors (Lipinski definition) is 1. The highest BCUT2D eigenvalue weighted by Crippen LogP contribution is 2.37. The molecule has 1 N–H and O–H groups in total. The molecule has 0 heterocycles. The van der Waals surface area contributed by atoms with E-state index >= 15 is 0 Å². The van der Waals surface area contributed by atoms with Crippen molar-refractivity contribution >= 4 is 50.7 Å². The minimum atomic E-state index is -3.91. The number of nitrogens with one attached hydrogen (secondary N) is 1. The first-order valence-corrected chi connectivity index (χ1v) is 11.9. The molecule has 4 nitrogen and oxygen atoms in total. The monoisotopic (exact) mass is 467 g/mol. The average molecular weight is 468 g/mol. The summed E-state index contributed by atoms with van der Waals surface area (Å²) in [5, 5.41) is -0.0194. The number of aryl methyl sites for hydroxylation is 1. The lowest BCUT2D eigenvalue weighted by atomic mass is 10.1. The smallest absolute Gasteiger partial charge is 0.263 e. The van der Waals surface area contributed by atoms with E-state index in [0.717, 1.165) is 16.9 Å². The van der Waals surface area contributed by atoms with E-state index in [4.69, 9.17) is 27.9 Å². The minimum Gasteiger partial charge on any atom is -0.495 e. The first-order valence-electron chi connectivity index (χ1n) is 8.64. The quantitative estimate of drug-likeness (QED) is 0.408. The number of sulfonamides is 1. The first kappa shape index (κ1) is 21.8. The Morgan fingerprint density at radius 1 is 1.00 bits per heavy atom. The van der Waals surface area contributed by atoms with E-state index in [1.807, 2.05) is 37.3 Å². The van der Waals surface area contributed by atoms with Gasteiger partial charge in [-0.05, 0) is 48.4 Å². The van der Waals surface area contributed by atoms with Gasteiger partial charge in [-0.1, -0.05) is 53.5 Å². The molecule has 3 rings (SSSR count). The van der Waals surface area contributed by atoms with Crippen LogP contribution in [0.4, 0.5) is 5.69 Å². The van der Waals surface area contributed by atoms with Gasteiger partial charge in [-0.3, -0.25) is 4.72 Å². The summed E-state index contributed by atoms with van der Waals surface area (Å²) in [6, 6.07) is 18.6. The van der Waals surface area contributed by atoms with Crippen molar-refractivity contribution in [2.75, 3.05) is 11.8 Å². The Morgan fingerprint density at radius 2 is 1.72 bits per heavy atom. The summed E-state index contributed by atoms with van der Waals surface area (Å²) >= 11 is 14.0. The summed E-state index contributed by atoms with van der Waals surface area (Å²) in [6.45, 7) is 1.86. The average Bonchev–Trinajstić information content (AvgIpc) is 2.70. The normalized spacial score (nSPS) is 11.3. The fraction of sp³-hybridized carbons (Fsp3) is 0.143. The molecule has 0 aliphatic heterocycles. The van der Waals surface area contributed by atoms with Crippen LogP contribution >= 0.6 is 35.0 Å². The van der Waals surface area contributed by atoms with E-state index < -0.39 is 10.0 Å². The van der Waals surface area contributed by atoms with Crippen LogP contribution in [0.1, 0.15) is 11.1 Å². The van der Waals surface area contributed by atoms with E-state index in [1.165, 1.54) is 24.1 Å². The third-order valence-corrected chi connectivity index (χ3v) is 7.67. The van der Waals surface area contributed by atoms with Crippen LogP contribution < -0.4 is 9.46 Å². The van der Waals surface area contributed by atoms with Crippen molar-refractivity contribution in [1.29, 1.82) is 0 Å². The molecule has 8 heteroatoms. The van der Waals surface area contributed by atoms with Gasteiger partial charge in [0.25, 0.3) is 10.0 Å². The van der Waals surface area contributed by atoms with Crippen LogP contribution in [0.5, 0.6) is 5.75 Å². The molecule has 0 aromatic heterocycles. The zero-order valence-electron chi connectivity index (χ0n) is 15.8. The zero-order valence-corrected chi connectivity index (χ0v) is 18.9. The second-order valence-electron chi connectivity index (χ2n) is 6.25. The molecular formula is C21H19Cl2NO3S2. The topological polar surface area (TPSA) is 55.4 Å². The molecule has 0 aliphatic rings. The van der Waals surface area contributed by atoms with Gasteiger partial charge in [0.15, 0.2) is 0 Å². The Labute approximate surface area is 185 Å². The number of thioether (sulfide) groups is 1. The number of ether oxygens (including phenoxy) is 1. The molecule has 0 atom stereocenters. The predicted molar refractivity (Wildman–Crippen MR) is 121 cm³/mol. The van der Waals surface area contributed by atoms with Crippen molar-refractivity contribution in [2.45, 2.75) is 22.5 Å². The molecule has 0 spiro atoms. The van der Waals surface area contributed by atoms with Crippen molar-refractivity contribution in [2.24, 2.45) is 0 Å². The SMILES string of the molecule is COc1ccc(S(=O)(=O)Nc2ccc(CSc3ccccc3)cc2C)c(Cl)c1Cl. The van der Waals surface area contributed by atoms with Gasteiger partial charge < -0.3 is 4.74 Å². The summed E-state index contributed by atoms with van der Waals surface area (Å²) < 4.78 is 33.3. The van der Waals surface area contributed by atoms with Gasteiger partial charge in [-0.25, -0.2) is 8.42 Å². The van der Waals surface area contributed by atoms with Gasteiger partial charge in [0.1, 0.15) is 15.7 Å². The highest BCUT2D eigenvalue weighted by atomic mass is 35.5. The van der Waals surface area contributed by atoms with E-state index in [0.29, 0.717) is 11.4 Å². The molecule has 3 aromatic rings. The highest BCUT2D eigenvalue weighted by Gasteiger charge is 2.22. The van der Waals surface area contributed by atoms with Crippen LogP contribution in [0, 0.1) is 6.92 Å². The molecule has 0 saturated carbocycles. The maximum atomic E-state index is 12.8. The summed E-state index contributed by atoms with van der Waals surface area (Å²) in [4.78, 5) is 1.08. The number of hydrogen-bond acceptors (Lipinski definition) is 4. The lowest BCUT2D eigenvalue weighted by Crippen LogP contribution is -2.14.